The lowest BCUT2D eigenvalue weighted by Gasteiger charge is -2.06. The Labute approximate surface area is 101 Å². The molecule has 5 heteroatoms. The molecule has 0 radical (unpaired) electrons. The van der Waals surface area contributed by atoms with Crippen molar-refractivity contribution in [2.75, 3.05) is 0 Å². The minimum absolute atomic E-state index is 0.0728. The average Bonchev–Trinajstić information content (AvgIpc) is 2.34. The van der Waals surface area contributed by atoms with E-state index in [9.17, 15) is 4.79 Å². The summed E-state index contributed by atoms with van der Waals surface area (Å²) in [7, 11) is 0. The molecule has 0 aromatic carbocycles. The molecule has 2 heterocycles. The molecule has 0 bridgehead atoms. The highest BCUT2D eigenvalue weighted by Gasteiger charge is 2.09. The summed E-state index contributed by atoms with van der Waals surface area (Å²) < 4.78 is 2.02. The molecule has 0 amide bonds. The quantitative estimate of drug-likeness (QED) is 0.846. The lowest BCUT2D eigenvalue weighted by molar-refractivity contribution is 0.703. The molecule has 4 nitrogen and oxygen atoms in total. The van der Waals surface area contributed by atoms with E-state index in [2.05, 4.69) is 25.9 Å². The third kappa shape index (κ3) is 1.90. The largest absolute Gasteiger partial charge is 0.299 e. The standard InChI is InChI=1S/C11H10BrN3O/c1-2-15-7-14-10(9(12)11(15)16)8-4-3-5-13-6-8/h3-7H,2H2,1H3. The van der Waals surface area contributed by atoms with Crippen molar-refractivity contribution in [2.45, 2.75) is 13.5 Å². The Morgan fingerprint density at radius 3 is 2.94 bits per heavy atom. The van der Waals surface area contributed by atoms with E-state index in [1.807, 2.05) is 19.1 Å². The topological polar surface area (TPSA) is 47.8 Å². The van der Waals surface area contributed by atoms with Gasteiger partial charge in [-0.05, 0) is 35.0 Å². The highest BCUT2D eigenvalue weighted by molar-refractivity contribution is 9.10. The van der Waals surface area contributed by atoms with E-state index in [0.29, 0.717) is 16.7 Å². The van der Waals surface area contributed by atoms with Crippen molar-refractivity contribution in [2.24, 2.45) is 0 Å². The summed E-state index contributed by atoms with van der Waals surface area (Å²) in [6.45, 7) is 2.51. The van der Waals surface area contributed by atoms with Crippen LogP contribution in [0, 0.1) is 0 Å². The SMILES string of the molecule is CCn1cnc(-c2cccnc2)c(Br)c1=O. The molecule has 0 saturated carbocycles. The van der Waals surface area contributed by atoms with Crippen LogP contribution in [-0.2, 0) is 6.54 Å². The van der Waals surface area contributed by atoms with Crippen LogP contribution in [0.15, 0.2) is 40.1 Å². The molecule has 0 atom stereocenters. The fraction of sp³-hybridized carbons (Fsp3) is 0.182. The van der Waals surface area contributed by atoms with Crippen molar-refractivity contribution in [3.8, 4) is 11.3 Å². The highest BCUT2D eigenvalue weighted by atomic mass is 79.9. The van der Waals surface area contributed by atoms with Crippen LogP contribution in [0.4, 0.5) is 0 Å². The summed E-state index contributed by atoms with van der Waals surface area (Å²) in [5, 5.41) is 0. The second kappa shape index (κ2) is 4.57. The lowest BCUT2D eigenvalue weighted by Crippen LogP contribution is -2.20. The van der Waals surface area contributed by atoms with Crippen molar-refractivity contribution in [1.29, 1.82) is 0 Å². The predicted octanol–water partition coefficient (Wildman–Crippen LogP) is 2.09. The van der Waals surface area contributed by atoms with Gasteiger partial charge in [0.05, 0.1) is 12.0 Å². The number of aromatic nitrogens is 3. The highest BCUT2D eigenvalue weighted by Crippen LogP contribution is 2.21. The van der Waals surface area contributed by atoms with Crippen molar-refractivity contribution >= 4 is 15.9 Å². The monoisotopic (exact) mass is 279 g/mol. The molecule has 2 aromatic heterocycles. The first-order valence-electron chi connectivity index (χ1n) is 4.89. The van der Waals surface area contributed by atoms with Gasteiger partial charge in [0, 0.05) is 24.5 Å². The van der Waals surface area contributed by atoms with E-state index in [0.717, 1.165) is 5.56 Å². The average molecular weight is 280 g/mol. The van der Waals surface area contributed by atoms with Crippen molar-refractivity contribution in [3.05, 3.63) is 45.7 Å². The van der Waals surface area contributed by atoms with E-state index in [-0.39, 0.29) is 5.56 Å². The maximum absolute atomic E-state index is 11.8. The van der Waals surface area contributed by atoms with Crippen LogP contribution < -0.4 is 5.56 Å². The fourth-order valence-electron chi connectivity index (χ4n) is 1.39. The Hall–Kier alpha value is -1.49. The van der Waals surface area contributed by atoms with E-state index >= 15 is 0 Å². The van der Waals surface area contributed by atoms with Crippen molar-refractivity contribution in [3.63, 3.8) is 0 Å². The molecule has 0 aliphatic rings. The smallest absolute Gasteiger partial charge is 0.268 e. The number of hydrogen-bond acceptors (Lipinski definition) is 3. The minimum atomic E-state index is -0.0728. The molecule has 82 valence electrons. The van der Waals surface area contributed by atoms with Gasteiger partial charge in [-0.1, -0.05) is 0 Å². The molecule has 0 aliphatic heterocycles. The second-order valence-corrected chi connectivity index (χ2v) is 4.03. The summed E-state index contributed by atoms with van der Waals surface area (Å²) in [4.78, 5) is 20.1. The molecule has 0 unspecified atom stereocenters. The summed E-state index contributed by atoms with van der Waals surface area (Å²) in [5.74, 6) is 0. The Bertz CT molecular complexity index is 551. The minimum Gasteiger partial charge on any atom is -0.299 e. The first kappa shape index (κ1) is 11.0. The third-order valence-electron chi connectivity index (χ3n) is 2.26. The molecule has 0 N–H and O–H groups in total. The molecule has 0 saturated heterocycles. The van der Waals surface area contributed by atoms with Crippen LogP contribution >= 0.6 is 15.9 Å². The molecular formula is C11H10BrN3O. The van der Waals surface area contributed by atoms with Gasteiger partial charge in [0.2, 0.25) is 0 Å². The molecule has 0 fully saturated rings. The van der Waals surface area contributed by atoms with Crippen LogP contribution in [-0.4, -0.2) is 14.5 Å². The van der Waals surface area contributed by atoms with Crippen LogP contribution in [0.5, 0.6) is 0 Å². The first-order valence-corrected chi connectivity index (χ1v) is 5.68. The van der Waals surface area contributed by atoms with Gasteiger partial charge >= 0.3 is 0 Å². The van der Waals surface area contributed by atoms with Crippen molar-refractivity contribution < 1.29 is 0 Å². The van der Waals surface area contributed by atoms with E-state index in [1.54, 1.807) is 23.3 Å². The predicted molar refractivity (Wildman–Crippen MR) is 65.1 cm³/mol. The zero-order chi connectivity index (χ0) is 11.5. The third-order valence-corrected chi connectivity index (χ3v) is 2.97. The Kier molecular flexibility index (Phi) is 3.14. The normalized spacial score (nSPS) is 10.4. The number of hydrogen-bond donors (Lipinski definition) is 0. The summed E-state index contributed by atoms with van der Waals surface area (Å²) in [6, 6.07) is 3.69. The maximum Gasteiger partial charge on any atom is 0.268 e. The van der Waals surface area contributed by atoms with Crippen LogP contribution in [0.25, 0.3) is 11.3 Å². The van der Waals surface area contributed by atoms with Crippen LogP contribution in [0.1, 0.15) is 6.92 Å². The second-order valence-electron chi connectivity index (χ2n) is 3.24. The van der Waals surface area contributed by atoms with Crippen LogP contribution in [0.2, 0.25) is 0 Å². The van der Waals surface area contributed by atoms with E-state index < -0.39 is 0 Å². The first-order chi connectivity index (χ1) is 7.74. The number of pyridine rings is 1. The summed E-state index contributed by atoms with van der Waals surface area (Å²) in [6.07, 6.45) is 4.92. The van der Waals surface area contributed by atoms with Gasteiger partial charge in [-0.3, -0.25) is 14.3 Å². The zero-order valence-electron chi connectivity index (χ0n) is 8.72. The fourth-order valence-corrected chi connectivity index (χ4v) is 1.95. The van der Waals surface area contributed by atoms with Gasteiger partial charge in [0.1, 0.15) is 4.47 Å². The van der Waals surface area contributed by atoms with Gasteiger partial charge in [0.15, 0.2) is 0 Å². The number of aryl methyl sites for hydroxylation is 1. The Morgan fingerprint density at radius 1 is 1.50 bits per heavy atom. The van der Waals surface area contributed by atoms with Crippen LogP contribution in [0.3, 0.4) is 0 Å². The number of nitrogens with zero attached hydrogens (tertiary/aromatic N) is 3. The molecule has 16 heavy (non-hydrogen) atoms. The van der Waals surface area contributed by atoms with Gasteiger partial charge in [-0.2, -0.15) is 0 Å². The van der Waals surface area contributed by atoms with Gasteiger partial charge in [-0.15, -0.1) is 0 Å². The zero-order valence-corrected chi connectivity index (χ0v) is 10.3. The van der Waals surface area contributed by atoms with Gasteiger partial charge in [0.25, 0.3) is 5.56 Å². The van der Waals surface area contributed by atoms with E-state index in [4.69, 9.17) is 0 Å². The number of rotatable bonds is 2. The molecular weight excluding hydrogens is 270 g/mol. The molecule has 2 rings (SSSR count). The maximum atomic E-state index is 11.8. The van der Waals surface area contributed by atoms with Gasteiger partial charge in [-0.25, -0.2) is 4.98 Å². The summed E-state index contributed by atoms with van der Waals surface area (Å²) in [5.41, 5.74) is 1.38. The summed E-state index contributed by atoms with van der Waals surface area (Å²) >= 11 is 3.28. The Balaban J connectivity index is 2.61. The molecule has 0 aliphatic carbocycles. The van der Waals surface area contributed by atoms with Crippen molar-refractivity contribution in [1.82, 2.24) is 14.5 Å². The number of halogens is 1. The molecule has 0 spiro atoms. The molecule has 2 aromatic rings. The lowest BCUT2D eigenvalue weighted by atomic mass is 10.2. The van der Waals surface area contributed by atoms with Gasteiger partial charge < -0.3 is 0 Å². The Morgan fingerprint density at radius 2 is 2.31 bits per heavy atom. The van der Waals surface area contributed by atoms with E-state index in [1.165, 1.54) is 0 Å².